The number of aliphatic hydroxyl groups is 1. The standard InChI is InChI=1S/C11H16BrNO2/c1-7-3-9(5-13-8(2)6-14)11(15)10(12)4-7/h3-4,8,13-15H,5-6H2,1-2H3. The van der Waals surface area contributed by atoms with Crippen LogP contribution in [0.5, 0.6) is 5.75 Å². The second kappa shape index (κ2) is 5.49. The Bertz CT molecular complexity index is 342. The number of phenolic OH excluding ortho intramolecular Hbond substituents is 1. The monoisotopic (exact) mass is 273 g/mol. The summed E-state index contributed by atoms with van der Waals surface area (Å²) in [5.74, 6) is 0.262. The molecular formula is C11H16BrNO2. The largest absolute Gasteiger partial charge is 0.506 e. The molecule has 0 heterocycles. The molecule has 0 spiro atoms. The lowest BCUT2D eigenvalue weighted by Crippen LogP contribution is -2.28. The van der Waals surface area contributed by atoms with Gasteiger partial charge in [-0.25, -0.2) is 0 Å². The van der Waals surface area contributed by atoms with Crippen LogP contribution in [-0.4, -0.2) is 22.9 Å². The third-order valence-electron chi connectivity index (χ3n) is 2.20. The molecule has 0 aromatic heterocycles. The average molecular weight is 274 g/mol. The summed E-state index contributed by atoms with van der Waals surface area (Å²) in [6, 6.07) is 3.83. The van der Waals surface area contributed by atoms with Crippen molar-refractivity contribution in [1.82, 2.24) is 5.32 Å². The molecule has 3 N–H and O–H groups in total. The molecular weight excluding hydrogens is 258 g/mol. The summed E-state index contributed by atoms with van der Waals surface area (Å²) < 4.78 is 0.705. The number of benzene rings is 1. The van der Waals surface area contributed by atoms with Crippen molar-refractivity contribution in [2.24, 2.45) is 0 Å². The highest BCUT2D eigenvalue weighted by atomic mass is 79.9. The molecule has 15 heavy (non-hydrogen) atoms. The minimum Gasteiger partial charge on any atom is -0.506 e. The van der Waals surface area contributed by atoms with Crippen LogP contribution >= 0.6 is 15.9 Å². The summed E-state index contributed by atoms with van der Waals surface area (Å²) in [6.45, 7) is 4.51. The topological polar surface area (TPSA) is 52.5 Å². The van der Waals surface area contributed by atoms with E-state index < -0.39 is 0 Å². The number of nitrogens with one attached hydrogen (secondary N) is 1. The van der Waals surface area contributed by atoms with Crippen LogP contribution < -0.4 is 5.32 Å². The van der Waals surface area contributed by atoms with Crippen molar-refractivity contribution in [3.63, 3.8) is 0 Å². The highest BCUT2D eigenvalue weighted by Crippen LogP contribution is 2.29. The lowest BCUT2D eigenvalue weighted by atomic mass is 10.1. The predicted molar refractivity (Wildman–Crippen MR) is 63.9 cm³/mol. The molecule has 1 aromatic rings. The van der Waals surface area contributed by atoms with Gasteiger partial charge in [-0.15, -0.1) is 0 Å². The van der Waals surface area contributed by atoms with Gasteiger partial charge in [-0.1, -0.05) is 6.07 Å². The second-order valence-electron chi connectivity index (χ2n) is 3.72. The fourth-order valence-corrected chi connectivity index (χ4v) is 1.91. The van der Waals surface area contributed by atoms with Gasteiger partial charge in [-0.05, 0) is 41.4 Å². The number of aromatic hydroxyl groups is 1. The Morgan fingerprint density at radius 2 is 2.13 bits per heavy atom. The van der Waals surface area contributed by atoms with E-state index in [1.807, 2.05) is 26.0 Å². The summed E-state index contributed by atoms with van der Waals surface area (Å²) >= 11 is 3.29. The number of hydrogen-bond acceptors (Lipinski definition) is 3. The third kappa shape index (κ3) is 3.48. The fraction of sp³-hybridized carbons (Fsp3) is 0.455. The molecule has 1 aromatic carbocycles. The number of aliphatic hydroxyl groups excluding tert-OH is 1. The molecule has 0 aliphatic carbocycles. The van der Waals surface area contributed by atoms with Crippen molar-refractivity contribution in [2.75, 3.05) is 6.61 Å². The molecule has 0 amide bonds. The van der Waals surface area contributed by atoms with Gasteiger partial charge in [-0.2, -0.15) is 0 Å². The molecule has 4 heteroatoms. The normalized spacial score (nSPS) is 12.8. The molecule has 0 bridgehead atoms. The minimum atomic E-state index is 0.0312. The summed E-state index contributed by atoms with van der Waals surface area (Å²) in [5.41, 5.74) is 1.93. The highest BCUT2D eigenvalue weighted by molar-refractivity contribution is 9.10. The van der Waals surface area contributed by atoms with Crippen LogP contribution in [0.2, 0.25) is 0 Å². The van der Waals surface area contributed by atoms with E-state index in [2.05, 4.69) is 21.2 Å². The maximum Gasteiger partial charge on any atom is 0.134 e. The van der Waals surface area contributed by atoms with Gasteiger partial charge < -0.3 is 15.5 Å². The average Bonchev–Trinajstić information content (AvgIpc) is 2.20. The number of hydrogen-bond donors (Lipinski definition) is 3. The first-order valence-electron chi connectivity index (χ1n) is 4.86. The lowest BCUT2D eigenvalue weighted by Gasteiger charge is -2.13. The summed E-state index contributed by atoms with van der Waals surface area (Å²) in [5, 5.41) is 21.7. The van der Waals surface area contributed by atoms with E-state index in [0.717, 1.165) is 11.1 Å². The van der Waals surface area contributed by atoms with Crippen LogP contribution in [0.1, 0.15) is 18.1 Å². The lowest BCUT2D eigenvalue weighted by molar-refractivity contribution is 0.250. The van der Waals surface area contributed by atoms with Gasteiger partial charge in [0.1, 0.15) is 5.75 Å². The van der Waals surface area contributed by atoms with Gasteiger partial charge in [0.05, 0.1) is 11.1 Å². The highest BCUT2D eigenvalue weighted by Gasteiger charge is 2.07. The van der Waals surface area contributed by atoms with E-state index in [9.17, 15) is 5.11 Å². The SMILES string of the molecule is Cc1cc(Br)c(O)c(CNC(C)CO)c1. The van der Waals surface area contributed by atoms with Crippen LogP contribution in [0.4, 0.5) is 0 Å². The van der Waals surface area contributed by atoms with Crippen molar-refractivity contribution in [1.29, 1.82) is 0 Å². The molecule has 0 radical (unpaired) electrons. The maximum atomic E-state index is 9.76. The first-order valence-corrected chi connectivity index (χ1v) is 5.66. The van der Waals surface area contributed by atoms with Crippen molar-refractivity contribution >= 4 is 15.9 Å². The summed E-state index contributed by atoms with van der Waals surface area (Å²) in [7, 11) is 0. The molecule has 1 unspecified atom stereocenters. The zero-order chi connectivity index (χ0) is 11.4. The Kier molecular flexibility index (Phi) is 4.57. The molecule has 3 nitrogen and oxygen atoms in total. The van der Waals surface area contributed by atoms with Gasteiger partial charge in [0.25, 0.3) is 0 Å². The van der Waals surface area contributed by atoms with Gasteiger partial charge in [0.15, 0.2) is 0 Å². The van der Waals surface area contributed by atoms with Crippen molar-refractivity contribution in [2.45, 2.75) is 26.4 Å². The zero-order valence-corrected chi connectivity index (χ0v) is 10.5. The van der Waals surface area contributed by atoms with Crippen molar-refractivity contribution in [3.8, 4) is 5.75 Å². The van der Waals surface area contributed by atoms with Crippen molar-refractivity contribution < 1.29 is 10.2 Å². The van der Waals surface area contributed by atoms with Crippen molar-refractivity contribution in [3.05, 3.63) is 27.7 Å². The predicted octanol–water partition coefficient (Wildman–Crippen LogP) is 1.93. The first-order chi connectivity index (χ1) is 7.04. The molecule has 1 rings (SSSR count). The Morgan fingerprint density at radius 1 is 1.47 bits per heavy atom. The Hall–Kier alpha value is -0.580. The first kappa shape index (κ1) is 12.5. The Labute approximate surface area is 98.3 Å². The third-order valence-corrected chi connectivity index (χ3v) is 2.81. The molecule has 0 saturated carbocycles. The molecule has 0 aliphatic heterocycles. The van der Waals surface area contributed by atoms with Crippen LogP contribution in [0.15, 0.2) is 16.6 Å². The van der Waals surface area contributed by atoms with Crippen LogP contribution in [0, 0.1) is 6.92 Å². The van der Waals surface area contributed by atoms with E-state index in [1.54, 1.807) is 0 Å². The Balaban J connectivity index is 2.76. The summed E-state index contributed by atoms with van der Waals surface area (Å²) in [6.07, 6.45) is 0. The number of rotatable bonds is 4. The minimum absolute atomic E-state index is 0.0312. The van der Waals surface area contributed by atoms with Gasteiger partial charge in [0.2, 0.25) is 0 Å². The smallest absolute Gasteiger partial charge is 0.134 e. The van der Waals surface area contributed by atoms with Gasteiger partial charge in [0, 0.05) is 18.2 Å². The number of halogens is 1. The molecule has 84 valence electrons. The van der Waals surface area contributed by atoms with Crippen LogP contribution in [-0.2, 0) is 6.54 Å². The van der Waals surface area contributed by atoms with E-state index in [1.165, 1.54) is 0 Å². The zero-order valence-electron chi connectivity index (χ0n) is 8.92. The molecule has 0 aliphatic rings. The van der Waals surface area contributed by atoms with Gasteiger partial charge in [-0.3, -0.25) is 0 Å². The van der Waals surface area contributed by atoms with E-state index in [4.69, 9.17) is 5.11 Å². The molecule has 0 saturated heterocycles. The fourth-order valence-electron chi connectivity index (χ4n) is 1.29. The maximum absolute atomic E-state index is 9.76. The van der Waals surface area contributed by atoms with Crippen LogP contribution in [0.25, 0.3) is 0 Å². The Morgan fingerprint density at radius 3 is 2.73 bits per heavy atom. The second-order valence-corrected chi connectivity index (χ2v) is 4.57. The van der Waals surface area contributed by atoms with E-state index >= 15 is 0 Å². The quantitative estimate of drug-likeness (QED) is 0.786. The van der Waals surface area contributed by atoms with Crippen LogP contribution in [0.3, 0.4) is 0 Å². The molecule has 0 fully saturated rings. The number of aryl methyl sites for hydroxylation is 1. The summed E-state index contributed by atoms with van der Waals surface area (Å²) in [4.78, 5) is 0. The van der Waals surface area contributed by atoms with E-state index in [-0.39, 0.29) is 18.4 Å². The van der Waals surface area contributed by atoms with E-state index in [0.29, 0.717) is 11.0 Å². The number of phenols is 1. The van der Waals surface area contributed by atoms with Gasteiger partial charge >= 0.3 is 0 Å². The molecule has 1 atom stereocenters.